The zero-order chi connectivity index (χ0) is 27.5. The number of piperazine rings is 1. The van der Waals surface area contributed by atoms with E-state index in [0.29, 0.717) is 26.1 Å². The number of hydrogen-bond acceptors (Lipinski definition) is 4. The SMILES string of the molecule is COc1ccccc1N1CCN(C(=O)CC(c2ccsc2)c2cn(Cc3ccc(F)cc3)c3ccccc23)CC1. The summed E-state index contributed by atoms with van der Waals surface area (Å²) in [7, 11) is 1.69. The molecule has 1 saturated heterocycles. The van der Waals surface area contributed by atoms with E-state index in [9.17, 15) is 9.18 Å². The van der Waals surface area contributed by atoms with Crippen molar-refractivity contribution in [3.8, 4) is 5.75 Å². The fraction of sp³-hybridized carbons (Fsp3) is 0.242. The van der Waals surface area contributed by atoms with E-state index in [1.165, 1.54) is 12.1 Å². The molecule has 6 rings (SSSR count). The number of rotatable bonds is 8. The zero-order valence-electron chi connectivity index (χ0n) is 22.5. The van der Waals surface area contributed by atoms with Gasteiger partial charge in [0, 0.05) is 62.2 Å². The second kappa shape index (κ2) is 11.6. The van der Waals surface area contributed by atoms with Crippen LogP contribution in [0.2, 0.25) is 0 Å². The van der Waals surface area contributed by atoms with Gasteiger partial charge < -0.3 is 19.1 Å². The van der Waals surface area contributed by atoms with Gasteiger partial charge in [0.1, 0.15) is 11.6 Å². The summed E-state index contributed by atoms with van der Waals surface area (Å²) in [6, 6.07) is 25.2. The lowest BCUT2D eigenvalue weighted by molar-refractivity contribution is -0.131. The van der Waals surface area contributed by atoms with Gasteiger partial charge in [0.05, 0.1) is 12.8 Å². The third-order valence-corrected chi connectivity index (χ3v) is 8.54. The first-order chi connectivity index (χ1) is 19.6. The number of carbonyl (C=O) groups excluding carboxylic acids is 1. The number of carbonyl (C=O) groups is 1. The summed E-state index contributed by atoms with van der Waals surface area (Å²) in [5.41, 5.74) is 5.53. The number of nitrogens with zero attached hydrogens (tertiary/aromatic N) is 3. The van der Waals surface area contributed by atoms with Crippen molar-refractivity contribution in [2.75, 3.05) is 38.2 Å². The van der Waals surface area contributed by atoms with Crippen molar-refractivity contribution in [2.24, 2.45) is 0 Å². The Kier molecular flexibility index (Phi) is 7.55. The van der Waals surface area contributed by atoms with E-state index in [4.69, 9.17) is 4.74 Å². The number of halogens is 1. The van der Waals surface area contributed by atoms with Gasteiger partial charge in [-0.3, -0.25) is 4.79 Å². The Morgan fingerprint density at radius 3 is 2.45 bits per heavy atom. The van der Waals surface area contributed by atoms with E-state index in [-0.39, 0.29) is 17.6 Å². The van der Waals surface area contributed by atoms with E-state index in [1.54, 1.807) is 18.4 Å². The van der Waals surface area contributed by atoms with Crippen LogP contribution in [0.5, 0.6) is 5.75 Å². The lowest BCUT2D eigenvalue weighted by atomic mass is 9.89. The molecule has 1 aliphatic rings. The predicted molar refractivity (Wildman–Crippen MR) is 160 cm³/mol. The van der Waals surface area contributed by atoms with Crippen LogP contribution in [0, 0.1) is 5.82 Å². The first kappa shape index (κ1) is 26.1. The molecule has 0 bridgehead atoms. The minimum atomic E-state index is -0.235. The molecule has 0 N–H and O–H groups in total. The van der Waals surface area contributed by atoms with Gasteiger partial charge in [0.15, 0.2) is 0 Å². The summed E-state index contributed by atoms with van der Waals surface area (Å²) in [5, 5.41) is 5.38. The monoisotopic (exact) mass is 553 g/mol. The lowest BCUT2D eigenvalue weighted by Gasteiger charge is -2.37. The van der Waals surface area contributed by atoms with Crippen molar-refractivity contribution in [2.45, 2.75) is 18.9 Å². The van der Waals surface area contributed by atoms with Crippen LogP contribution < -0.4 is 9.64 Å². The molecule has 1 atom stereocenters. The maximum atomic E-state index is 13.8. The lowest BCUT2D eigenvalue weighted by Crippen LogP contribution is -2.49. The Labute approximate surface area is 238 Å². The summed E-state index contributed by atoms with van der Waals surface area (Å²) >= 11 is 1.66. The number of hydrogen-bond donors (Lipinski definition) is 0. The molecule has 0 radical (unpaired) electrons. The number of benzene rings is 3. The fourth-order valence-electron chi connectivity index (χ4n) is 5.74. The molecule has 1 amide bonds. The average Bonchev–Trinajstić information content (AvgIpc) is 3.66. The molecule has 0 saturated carbocycles. The van der Waals surface area contributed by atoms with Crippen molar-refractivity contribution >= 4 is 33.8 Å². The molecule has 5 aromatic rings. The van der Waals surface area contributed by atoms with Crippen LogP contribution in [0.3, 0.4) is 0 Å². The van der Waals surface area contributed by atoms with Crippen LogP contribution in [-0.4, -0.2) is 48.7 Å². The highest BCUT2D eigenvalue weighted by molar-refractivity contribution is 7.08. The number of fused-ring (bicyclic) bond motifs is 1. The maximum absolute atomic E-state index is 13.8. The standard InChI is InChI=1S/C33H32FN3O2S/c1-39-32-9-5-4-8-31(32)35-15-17-36(18-16-35)33(38)20-28(25-14-19-40-23-25)29-22-37(30-7-3-2-6-27(29)30)21-24-10-12-26(34)13-11-24/h2-14,19,22-23,28H,15-18,20-21H2,1H3. The van der Waals surface area contributed by atoms with Crippen LogP contribution in [0.1, 0.15) is 29.0 Å². The second-order valence-corrected chi connectivity index (χ2v) is 11.0. The quantitative estimate of drug-likeness (QED) is 0.213. The molecule has 40 heavy (non-hydrogen) atoms. The van der Waals surface area contributed by atoms with Crippen LogP contribution in [0.15, 0.2) is 95.8 Å². The van der Waals surface area contributed by atoms with E-state index < -0.39 is 0 Å². The molecular formula is C33H32FN3O2S. The summed E-state index contributed by atoms with van der Waals surface area (Å²) < 4.78 is 21.3. The number of aromatic nitrogens is 1. The van der Waals surface area contributed by atoms with Crippen LogP contribution >= 0.6 is 11.3 Å². The van der Waals surface area contributed by atoms with Crippen LogP contribution in [0.25, 0.3) is 10.9 Å². The van der Waals surface area contributed by atoms with E-state index in [0.717, 1.165) is 52.1 Å². The molecule has 3 aromatic carbocycles. The molecule has 204 valence electrons. The number of para-hydroxylation sites is 3. The van der Waals surface area contributed by atoms with E-state index in [2.05, 4.69) is 56.8 Å². The molecule has 1 fully saturated rings. The van der Waals surface area contributed by atoms with Gasteiger partial charge in [-0.1, -0.05) is 42.5 Å². The molecule has 1 aliphatic heterocycles. The Bertz CT molecular complexity index is 1590. The van der Waals surface area contributed by atoms with Gasteiger partial charge in [0.2, 0.25) is 5.91 Å². The van der Waals surface area contributed by atoms with Gasteiger partial charge in [-0.2, -0.15) is 11.3 Å². The smallest absolute Gasteiger partial charge is 0.223 e. The second-order valence-electron chi connectivity index (χ2n) is 10.2. The van der Waals surface area contributed by atoms with Crippen LogP contribution in [-0.2, 0) is 11.3 Å². The van der Waals surface area contributed by atoms with E-state index in [1.807, 2.05) is 41.3 Å². The number of anilines is 1. The predicted octanol–water partition coefficient (Wildman–Crippen LogP) is 6.77. The van der Waals surface area contributed by atoms with Crippen molar-refractivity contribution < 1.29 is 13.9 Å². The Balaban J connectivity index is 1.24. The first-order valence-corrected chi connectivity index (χ1v) is 14.5. The van der Waals surface area contributed by atoms with Crippen molar-refractivity contribution in [3.63, 3.8) is 0 Å². The van der Waals surface area contributed by atoms with Gasteiger partial charge in [-0.15, -0.1) is 0 Å². The molecule has 5 nitrogen and oxygen atoms in total. The van der Waals surface area contributed by atoms with Crippen molar-refractivity contribution in [3.05, 3.63) is 118 Å². The minimum absolute atomic E-state index is 0.0506. The summed E-state index contributed by atoms with van der Waals surface area (Å²) in [5.74, 6) is 0.745. The Hall–Kier alpha value is -4.10. The minimum Gasteiger partial charge on any atom is -0.495 e. The molecule has 7 heteroatoms. The number of ether oxygens (including phenoxy) is 1. The third kappa shape index (κ3) is 5.34. The fourth-order valence-corrected chi connectivity index (χ4v) is 6.46. The molecule has 3 heterocycles. The average molecular weight is 554 g/mol. The number of methoxy groups -OCH3 is 1. The van der Waals surface area contributed by atoms with Gasteiger partial charge in [-0.25, -0.2) is 4.39 Å². The highest BCUT2D eigenvalue weighted by atomic mass is 32.1. The number of amides is 1. The number of thiophene rings is 1. The topological polar surface area (TPSA) is 37.7 Å². The van der Waals surface area contributed by atoms with Crippen molar-refractivity contribution in [1.29, 1.82) is 0 Å². The highest BCUT2D eigenvalue weighted by Gasteiger charge is 2.28. The van der Waals surface area contributed by atoms with Gasteiger partial charge >= 0.3 is 0 Å². The van der Waals surface area contributed by atoms with Crippen LogP contribution in [0.4, 0.5) is 10.1 Å². The first-order valence-electron chi connectivity index (χ1n) is 13.6. The third-order valence-electron chi connectivity index (χ3n) is 7.84. The highest BCUT2D eigenvalue weighted by Crippen LogP contribution is 2.37. The summed E-state index contributed by atoms with van der Waals surface area (Å²) in [4.78, 5) is 18.0. The van der Waals surface area contributed by atoms with E-state index >= 15 is 0 Å². The van der Waals surface area contributed by atoms with Gasteiger partial charge in [0.25, 0.3) is 0 Å². The Morgan fingerprint density at radius 1 is 0.950 bits per heavy atom. The Morgan fingerprint density at radius 2 is 1.70 bits per heavy atom. The maximum Gasteiger partial charge on any atom is 0.223 e. The van der Waals surface area contributed by atoms with Crippen molar-refractivity contribution in [1.82, 2.24) is 9.47 Å². The molecule has 0 spiro atoms. The van der Waals surface area contributed by atoms with Gasteiger partial charge in [-0.05, 0) is 63.8 Å². The molecule has 2 aromatic heterocycles. The molecular weight excluding hydrogens is 521 g/mol. The summed E-state index contributed by atoms with van der Waals surface area (Å²) in [6.07, 6.45) is 2.60. The molecule has 0 aliphatic carbocycles. The largest absolute Gasteiger partial charge is 0.495 e. The summed E-state index contributed by atoms with van der Waals surface area (Å²) in [6.45, 7) is 3.54. The molecule has 1 unspecified atom stereocenters. The zero-order valence-corrected chi connectivity index (χ0v) is 23.3. The normalized spacial score (nSPS) is 14.4.